The van der Waals surface area contributed by atoms with Gasteiger partial charge in [-0.15, -0.1) is 0 Å². The molecule has 4 heterocycles. The molecule has 6 N–H and O–H groups in total. The second-order valence-electron chi connectivity index (χ2n) is 20.8. The van der Waals surface area contributed by atoms with E-state index in [0.29, 0.717) is 49.5 Å². The van der Waals surface area contributed by atoms with E-state index in [4.69, 9.17) is 9.47 Å². The maximum absolute atomic E-state index is 14.9. The van der Waals surface area contributed by atoms with E-state index in [1.807, 2.05) is 18.2 Å². The highest BCUT2D eigenvalue weighted by Crippen LogP contribution is 2.43. The van der Waals surface area contributed by atoms with E-state index in [0.717, 1.165) is 42.4 Å². The zero-order valence-electron chi connectivity index (χ0n) is 44.5. The van der Waals surface area contributed by atoms with Crippen molar-refractivity contribution in [2.75, 3.05) is 88.7 Å². The predicted octanol–water partition coefficient (Wildman–Crippen LogP) is 3.59. The largest absolute Gasteiger partial charge is 0.379 e. The number of halogens is 3. The lowest BCUT2D eigenvalue weighted by atomic mass is 9.83. The van der Waals surface area contributed by atoms with Crippen molar-refractivity contribution in [2.45, 2.75) is 95.4 Å². The van der Waals surface area contributed by atoms with Gasteiger partial charge in [0.25, 0.3) is 5.91 Å². The van der Waals surface area contributed by atoms with E-state index in [1.54, 1.807) is 57.0 Å². The van der Waals surface area contributed by atoms with Crippen LogP contribution < -0.4 is 36.8 Å². The van der Waals surface area contributed by atoms with Gasteiger partial charge < -0.3 is 51.2 Å². The third kappa shape index (κ3) is 12.7. The number of rotatable bonds is 18. The average Bonchev–Trinajstić information content (AvgIpc) is 3.95. The number of anilines is 3. The summed E-state index contributed by atoms with van der Waals surface area (Å²) in [6.45, 7) is 12.7. The maximum Gasteiger partial charge on any atom is 0.252 e. The topological polar surface area (TPSA) is 206 Å². The number of likely N-dealkylation sites (N-methyl/N-ethyl adjacent to an activating group) is 1. The van der Waals surface area contributed by atoms with Gasteiger partial charge >= 0.3 is 0 Å². The first-order valence-electron chi connectivity index (χ1n) is 26.0. The standard InChI is InChI=1S/C56H69F3N10O8/c1-32-26-67(41(24-61-32)28-66-19-20-77-30-33(66)2)29-48(71)69-31-56(5,43-18-13-37(22-46(43)69)21-36-11-15-39(57)16-12-36)55(75)62-25-47(70)63-40-17-14-38-27-68(54(74)49(35(4)76-7)64-52(72)34(3)60-6)51(42(38)23-40)53(73)65-50-44(58)9-8-10-45(50)59/h8-18,22-23,32-35,41,49,51,60-61H,19-21,24-31H2,1-7H3,(H,62,75)(H,63,70)(H,64,72)(H,65,73)/t32-,33?,34?,35-,41-,49+,51?,56?/m1/s1. The highest BCUT2D eigenvalue weighted by Gasteiger charge is 2.48. The minimum atomic E-state index is -1.50. The van der Waals surface area contributed by atoms with Gasteiger partial charge in [0.15, 0.2) is 0 Å². The molecular weight excluding hydrogens is 998 g/mol. The Morgan fingerprint density at radius 3 is 2.34 bits per heavy atom. The van der Waals surface area contributed by atoms with Crippen LogP contribution in [0.5, 0.6) is 0 Å². The smallest absolute Gasteiger partial charge is 0.252 e. The molecule has 4 unspecified atom stereocenters. The molecule has 0 aliphatic carbocycles. The van der Waals surface area contributed by atoms with E-state index < -0.39 is 83.0 Å². The summed E-state index contributed by atoms with van der Waals surface area (Å²) in [7, 11) is 2.93. The Morgan fingerprint density at radius 2 is 1.64 bits per heavy atom. The molecular formula is C56H69F3N10O8. The number of ether oxygens (including phenoxy) is 2. The minimum Gasteiger partial charge on any atom is -0.379 e. The van der Waals surface area contributed by atoms with E-state index in [-0.39, 0.29) is 60.7 Å². The lowest BCUT2D eigenvalue weighted by molar-refractivity contribution is -0.145. The first-order valence-corrected chi connectivity index (χ1v) is 26.0. The summed E-state index contributed by atoms with van der Waals surface area (Å²) in [6, 6.07) is 16.4. The molecule has 2 saturated heterocycles. The third-order valence-electron chi connectivity index (χ3n) is 15.3. The number of nitrogens with zero attached hydrogens (tertiary/aromatic N) is 4. The van der Waals surface area contributed by atoms with Crippen LogP contribution >= 0.6 is 0 Å². The first kappa shape index (κ1) is 56.5. The van der Waals surface area contributed by atoms with Crippen molar-refractivity contribution < 1.29 is 51.4 Å². The van der Waals surface area contributed by atoms with Gasteiger partial charge in [-0.2, -0.15) is 0 Å². The van der Waals surface area contributed by atoms with Gasteiger partial charge in [0.05, 0.1) is 43.9 Å². The van der Waals surface area contributed by atoms with Gasteiger partial charge in [-0.25, -0.2) is 13.2 Å². The Balaban J connectivity index is 1.01. The molecule has 412 valence electrons. The van der Waals surface area contributed by atoms with Gasteiger partial charge in [-0.05, 0) is 118 Å². The van der Waals surface area contributed by atoms with Crippen molar-refractivity contribution in [3.63, 3.8) is 0 Å². The van der Waals surface area contributed by atoms with Gasteiger partial charge in [0.1, 0.15) is 35.2 Å². The quantitative estimate of drug-likeness (QED) is 0.0847. The molecule has 4 aromatic rings. The summed E-state index contributed by atoms with van der Waals surface area (Å²) in [5, 5.41) is 16.9. The van der Waals surface area contributed by atoms with Crippen molar-refractivity contribution >= 4 is 52.5 Å². The summed E-state index contributed by atoms with van der Waals surface area (Å²) < 4.78 is 54.9. The molecule has 4 aliphatic heterocycles. The monoisotopic (exact) mass is 1070 g/mol. The van der Waals surface area contributed by atoms with Crippen LogP contribution in [-0.4, -0.2) is 160 Å². The molecule has 18 nitrogen and oxygen atoms in total. The number of piperazine rings is 1. The van der Waals surface area contributed by atoms with E-state index in [9.17, 15) is 41.9 Å². The SMILES string of the molecule is CNC(C)C(=O)N[C@H](C(=O)N1Cc2ccc(NC(=O)CNC(=O)C3(C)CN(C(=O)CN4C[C@@H](C)NC[C@@H]4CN4CCOCC4C)c4cc(Cc5ccc(F)cc5)ccc43)cc2C1C(=O)Nc1c(F)cccc1F)[C@@H](C)OC. The number of methoxy groups -OCH3 is 1. The summed E-state index contributed by atoms with van der Waals surface area (Å²) in [4.78, 5) is 92.3. The number of carbonyl (C=O) groups excluding carboxylic acids is 6. The lowest BCUT2D eigenvalue weighted by Gasteiger charge is -2.43. The molecule has 2 fully saturated rings. The van der Waals surface area contributed by atoms with E-state index in [1.165, 1.54) is 30.2 Å². The molecule has 4 aliphatic rings. The number of benzene rings is 4. The number of morpholine rings is 1. The molecule has 0 spiro atoms. The molecule has 8 rings (SSSR count). The fraction of sp³-hybridized carbons (Fsp3) is 0.464. The number of para-hydroxylation sites is 1. The number of carbonyl (C=O) groups is 6. The van der Waals surface area contributed by atoms with Gasteiger partial charge in [-0.3, -0.25) is 38.6 Å². The van der Waals surface area contributed by atoms with Crippen LogP contribution in [0.1, 0.15) is 68.5 Å². The van der Waals surface area contributed by atoms with Crippen LogP contribution in [0.25, 0.3) is 0 Å². The Morgan fingerprint density at radius 1 is 0.909 bits per heavy atom. The van der Waals surface area contributed by atoms with Gasteiger partial charge in [0.2, 0.25) is 29.5 Å². The molecule has 0 radical (unpaired) electrons. The van der Waals surface area contributed by atoms with Crippen molar-refractivity contribution in [3.05, 3.63) is 124 Å². The third-order valence-corrected chi connectivity index (χ3v) is 15.3. The fourth-order valence-corrected chi connectivity index (χ4v) is 10.6. The molecule has 21 heteroatoms. The minimum absolute atomic E-state index is 0.0100. The second-order valence-corrected chi connectivity index (χ2v) is 20.8. The molecule has 0 saturated carbocycles. The number of nitrogens with one attached hydrogen (secondary N) is 6. The first-order chi connectivity index (χ1) is 36.8. The highest BCUT2D eigenvalue weighted by molar-refractivity contribution is 6.05. The van der Waals surface area contributed by atoms with E-state index >= 15 is 0 Å². The molecule has 77 heavy (non-hydrogen) atoms. The van der Waals surface area contributed by atoms with E-state index in [2.05, 4.69) is 55.5 Å². The Hall–Kier alpha value is -6.75. The average molecular weight is 1070 g/mol. The van der Waals surface area contributed by atoms with Crippen LogP contribution in [0, 0.1) is 17.5 Å². The second kappa shape index (κ2) is 24.3. The Kier molecular flexibility index (Phi) is 17.8. The number of hydrogen-bond donors (Lipinski definition) is 6. The Labute approximate surface area is 446 Å². The van der Waals surface area contributed by atoms with Crippen LogP contribution in [0.2, 0.25) is 0 Å². The van der Waals surface area contributed by atoms with Crippen molar-refractivity contribution in [1.82, 2.24) is 36.0 Å². The van der Waals surface area contributed by atoms with Crippen LogP contribution in [0.4, 0.5) is 30.2 Å². The zero-order valence-corrected chi connectivity index (χ0v) is 44.5. The van der Waals surface area contributed by atoms with Gasteiger partial charge in [0, 0.05) is 75.9 Å². The number of fused-ring (bicyclic) bond motifs is 2. The summed E-state index contributed by atoms with van der Waals surface area (Å²) >= 11 is 0. The van der Waals surface area contributed by atoms with Crippen LogP contribution in [0.3, 0.4) is 0 Å². The highest BCUT2D eigenvalue weighted by atomic mass is 19.1. The number of amides is 6. The predicted molar refractivity (Wildman–Crippen MR) is 283 cm³/mol. The van der Waals surface area contributed by atoms with Gasteiger partial charge in [-0.1, -0.05) is 36.4 Å². The molecule has 0 aromatic heterocycles. The molecule has 4 aromatic carbocycles. The van der Waals surface area contributed by atoms with Crippen molar-refractivity contribution in [1.29, 1.82) is 0 Å². The lowest BCUT2D eigenvalue weighted by Crippen LogP contribution is -2.62. The van der Waals surface area contributed by atoms with Crippen molar-refractivity contribution in [3.8, 4) is 0 Å². The fourth-order valence-electron chi connectivity index (χ4n) is 10.6. The summed E-state index contributed by atoms with van der Waals surface area (Å²) in [5.74, 6) is -6.02. The van der Waals surface area contributed by atoms with Crippen LogP contribution in [0.15, 0.2) is 78.9 Å². The number of hydrogen-bond acceptors (Lipinski definition) is 12. The van der Waals surface area contributed by atoms with Crippen molar-refractivity contribution in [2.24, 2.45) is 0 Å². The summed E-state index contributed by atoms with van der Waals surface area (Å²) in [6.07, 6.45) is -0.433. The molecule has 8 atom stereocenters. The summed E-state index contributed by atoms with van der Waals surface area (Å²) in [5.41, 5.74) is 1.71. The maximum atomic E-state index is 14.9. The Bertz CT molecular complexity index is 2840. The zero-order chi connectivity index (χ0) is 55.3. The normalized spacial score (nSPS) is 22.6. The molecule has 6 amide bonds. The molecule has 0 bridgehead atoms. The van der Waals surface area contributed by atoms with Crippen LogP contribution in [-0.2, 0) is 56.6 Å².